The van der Waals surface area contributed by atoms with E-state index in [2.05, 4.69) is 0 Å². The molecule has 1 aliphatic rings. The average Bonchev–Trinajstić information content (AvgIpc) is 2.67. The molecule has 0 bridgehead atoms. The van der Waals surface area contributed by atoms with E-state index in [0.717, 1.165) is 37.8 Å². The van der Waals surface area contributed by atoms with Gasteiger partial charge in [-0.25, -0.2) is 13.6 Å². The number of hydrogen-bond acceptors (Lipinski definition) is 2. The van der Waals surface area contributed by atoms with Crippen LogP contribution in [0.15, 0.2) is 18.2 Å². The second-order valence-corrected chi connectivity index (χ2v) is 5.38. The van der Waals surface area contributed by atoms with Crippen molar-refractivity contribution in [3.05, 3.63) is 35.4 Å². The first kappa shape index (κ1) is 14.9. The zero-order valence-corrected chi connectivity index (χ0v) is 11.5. The Morgan fingerprint density at radius 3 is 2.10 bits per heavy atom. The molecule has 5 heteroatoms. The van der Waals surface area contributed by atoms with Crippen LogP contribution in [0.5, 0.6) is 0 Å². The lowest BCUT2D eigenvalue weighted by atomic mass is 9.88. The van der Waals surface area contributed by atoms with Crippen molar-refractivity contribution < 1.29 is 18.7 Å². The molecule has 0 radical (unpaired) electrons. The number of hydrogen-bond donors (Lipinski definition) is 1. The minimum atomic E-state index is -1.67. The first-order valence-electron chi connectivity index (χ1n) is 6.91. The van der Waals surface area contributed by atoms with Gasteiger partial charge in [-0.15, -0.1) is 0 Å². The molecule has 2 rings (SSSR count). The number of carbonyl (C=O) groups is 1. The number of aliphatic carboxylic acids is 1. The summed E-state index contributed by atoms with van der Waals surface area (Å²) < 4.78 is 28.1. The maximum atomic E-state index is 14.0. The van der Waals surface area contributed by atoms with Crippen LogP contribution >= 0.6 is 0 Å². The van der Waals surface area contributed by atoms with E-state index in [9.17, 15) is 18.7 Å². The van der Waals surface area contributed by atoms with Crippen LogP contribution in [0.4, 0.5) is 8.78 Å². The first-order valence-corrected chi connectivity index (χ1v) is 6.91. The van der Waals surface area contributed by atoms with Gasteiger partial charge in [0.2, 0.25) is 0 Å². The van der Waals surface area contributed by atoms with E-state index in [1.807, 2.05) is 0 Å². The fraction of sp³-hybridized carbons (Fsp3) is 0.533. The van der Waals surface area contributed by atoms with E-state index in [4.69, 9.17) is 0 Å². The van der Waals surface area contributed by atoms with Crippen LogP contribution in [0.1, 0.15) is 38.2 Å². The number of benzene rings is 1. The van der Waals surface area contributed by atoms with Gasteiger partial charge in [-0.2, -0.15) is 0 Å². The third kappa shape index (κ3) is 2.54. The summed E-state index contributed by atoms with van der Waals surface area (Å²) in [5.74, 6) is -2.83. The van der Waals surface area contributed by atoms with Gasteiger partial charge < -0.3 is 5.11 Å². The SMILES string of the molecule is CC(C(=O)O)(c1c(F)cccc1F)N1CCCCCC1. The van der Waals surface area contributed by atoms with Crippen molar-refractivity contribution in [2.45, 2.75) is 38.1 Å². The fourth-order valence-electron chi connectivity index (χ4n) is 2.88. The molecule has 1 fully saturated rings. The minimum Gasteiger partial charge on any atom is -0.480 e. The monoisotopic (exact) mass is 283 g/mol. The predicted octanol–water partition coefficient (Wildman–Crippen LogP) is 3.14. The minimum absolute atomic E-state index is 0.366. The second-order valence-electron chi connectivity index (χ2n) is 5.38. The Balaban J connectivity index is 2.51. The van der Waals surface area contributed by atoms with Gasteiger partial charge in [-0.05, 0) is 45.0 Å². The highest BCUT2D eigenvalue weighted by Gasteiger charge is 2.45. The Labute approximate surface area is 117 Å². The van der Waals surface area contributed by atoms with Crippen molar-refractivity contribution in [1.82, 2.24) is 4.90 Å². The second kappa shape index (κ2) is 5.87. The molecule has 0 aromatic heterocycles. The molecule has 20 heavy (non-hydrogen) atoms. The van der Waals surface area contributed by atoms with Crippen molar-refractivity contribution in [2.75, 3.05) is 13.1 Å². The Morgan fingerprint density at radius 1 is 1.15 bits per heavy atom. The molecule has 1 saturated heterocycles. The van der Waals surface area contributed by atoms with Crippen molar-refractivity contribution in [1.29, 1.82) is 0 Å². The van der Waals surface area contributed by atoms with E-state index in [-0.39, 0.29) is 5.56 Å². The van der Waals surface area contributed by atoms with Crippen LogP contribution in [-0.2, 0) is 10.3 Å². The number of likely N-dealkylation sites (tertiary alicyclic amines) is 1. The van der Waals surface area contributed by atoms with E-state index in [1.54, 1.807) is 4.90 Å². The maximum absolute atomic E-state index is 14.0. The first-order chi connectivity index (χ1) is 9.48. The third-order valence-electron chi connectivity index (χ3n) is 4.10. The van der Waals surface area contributed by atoms with Crippen molar-refractivity contribution in [3.63, 3.8) is 0 Å². The van der Waals surface area contributed by atoms with Gasteiger partial charge in [0.15, 0.2) is 0 Å². The van der Waals surface area contributed by atoms with Crippen LogP contribution in [0.25, 0.3) is 0 Å². The van der Waals surface area contributed by atoms with Crippen LogP contribution in [-0.4, -0.2) is 29.1 Å². The van der Waals surface area contributed by atoms with Crippen LogP contribution in [0.2, 0.25) is 0 Å². The van der Waals surface area contributed by atoms with E-state index < -0.39 is 23.1 Å². The highest BCUT2D eigenvalue weighted by atomic mass is 19.1. The van der Waals surface area contributed by atoms with E-state index >= 15 is 0 Å². The lowest BCUT2D eigenvalue weighted by molar-refractivity contribution is -0.151. The van der Waals surface area contributed by atoms with Gasteiger partial charge in [-0.3, -0.25) is 4.90 Å². The molecule has 110 valence electrons. The summed E-state index contributed by atoms with van der Waals surface area (Å²) in [6.07, 6.45) is 3.73. The summed E-state index contributed by atoms with van der Waals surface area (Å²) in [5, 5.41) is 9.60. The maximum Gasteiger partial charge on any atom is 0.328 e. The lowest BCUT2D eigenvalue weighted by Crippen LogP contribution is -2.51. The molecule has 0 aliphatic carbocycles. The molecule has 0 amide bonds. The van der Waals surface area contributed by atoms with Crippen molar-refractivity contribution in [2.24, 2.45) is 0 Å². The zero-order valence-electron chi connectivity index (χ0n) is 11.5. The number of carboxylic acids is 1. The summed E-state index contributed by atoms with van der Waals surface area (Å²) in [6.45, 7) is 2.47. The normalized spacial score (nSPS) is 20.1. The van der Waals surface area contributed by atoms with E-state index in [1.165, 1.54) is 13.0 Å². The molecule has 0 spiro atoms. The molecule has 3 nitrogen and oxygen atoms in total. The molecule has 1 atom stereocenters. The van der Waals surface area contributed by atoms with Crippen molar-refractivity contribution >= 4 is 5.97 Å². The van der Waals surface area contributed by atoms with Gasteiger partial charge in [0.1, 0.15) is 17.2 Å². The Morgan fingerprint density at radius 2 is 1.65 bits per heavy atom. The Bertz CT molecular complexity index is 478. The molecular formula is C15H19F2NO2. The molecule has 0 saturated carbocycles. The van der Waals surface area contributed by atoms with Gasteiger partial charge in [0.05, 0.1) is 5.56 Å². The van der Waals surface area contributed by atoms with Crippen LogP contribution < -0.4 is 0 Å². The van der Waals surface area contributed by atoms with Crippen molar-refractivity contribution in [3.8, 4) is 0 Å². The van der Waals surface area contributed by atoms with Crippen LogP contribution in [0, 0.1) is 11.6 Å². The topological polar surface area (TPSA) is 40.5 Å². The smallest absolute Gasteiger partial charge is 0.328 e. The van der Waals surface area contributed by atoms with Gasteiger partial charge in [0.25, 0.3) is 0 Å². The Kier molecular flexibility index (Phi) is 4.38. The average molecular weight is 283 g/mol. The molecule has 1 heterocycles. The predicted molar refractivity (Wildman–Crippen MR) is 71.4 cm³/mol. The summed E-state index contributed by atoms with van der Waals surface area (Å²) >= 11 is 0. The molecule has 1 aromatic carbocycles. The fourth-order valence-corrected chi connectivity index (χ4v) is 2.88. The standard InChI is InChI=1S/C15H19F2NO2/c1-15(14(19)20,18-9-4-2-3-5-10-18)13-11(16)7-6-8-12(13)17/h6-8H,2-5,9-10H2,1H3,(H,19,20). The highest BCUT2D eigenvalue weighted by Crippen LogP contribution is 2.34. The lowest BCUT2D eigenvalue weighted by Gasteiger charge is -2.37. The summed E-state index contributed by atoms with van der Waals surface area (Å²) in [4.78, 5) is 13.4. The summed E-state index contributed by atoms with van der Waals surface area (Å²) in [7, 11) is 0. The molecule has 1 aliphatic heterocycles. The number of nitrogens with zero attached hydrogens (tertiary/aromatic N) is 1. The van der Waals surface area contributed by atoms with E-state index in [0.29, 0.717) is 13.1 Å². The Hall–Kier alpha value is -1.49. The number of rotatable bonds is 3. The highest BCUT2D eigenvalue weighted by molar-refractivity contribution is 5.80. The largest absolute Gasteiger partial charge is 0.480 e. The molecule has 1 unspecified atom stereocenters. The third-order valence-corrected chi connectivity index (χ3v) is 4.10. The number of carboxylic acid groups (broad SMARTS) is 1. The van der Waals surface area contributed by atoms with Crippen LogP contribution in [0.3, 0.4) is 0 Å². The molecule has 1 aromatic rings. The molecule has 1 N–H and O–H groups in total. The summed E-state index contributed by atoms with van der Waals surface area (Å²) in [5.41, 5.74) is -2.03. The quantitative estimate of drug-likeness (QED) is 0.926. The van der Waals surface area contributed by atoms with Gasteiger partial charge >= 0.3 is 5.97 Å². The number of halogens is 2. The van der Waals surface area contributed by atoms with Gasteiger partial charge in [-0.1, -0.05) is 18.9 Å². The van der Waals surface area contributed by atoms with Gasteiger partial charge in [0, 0.05) is 0 Å². The zero-order chi connectivity index (χ0) is 14.8. The summed E-state index contributed by atoms with van der Waals surface area (Å²) in [6, 6.07) is 3.47. The molecular weight excluding hydrogens is 264 g/mol.